The first-order valence-corrected chi connectivity index (χ1v) is 24.6. The molecular weight excluding hydrogens is 719 g/mol. The quantitative estimate of drug-likeness (QED) is 0.0347. The fourth-order valence-electron chi connectivity index (χ4n) is 7.32. The highest BCUT2D eigenvalue weighted by Crippen LogP contribution is 2.11. The van der Waals surface area contributed by atoms with Crippen LogP contribution in [0.5, 0.6) is 0 Å². The van der Waals surface area contributed by atoms with Crippen LogP contribution >= 0.6 is 0 Å². The van der Waals surface area contributed by atoms with Crippen LogP contribution in [0.1, 0.15) is 195 Å². The van der Waals surface area contributed by atoms with Crippen molar-refractivity contribution in [1.29, 1.82) is 0 Å². The van der Waals surface area contributed by atoms with Gasteiger partial charge in [-0.2, -0.15) is 0 Å². The molecule has 0 aromatic heterocycles. The van der Waals surface area contributed by atoms with Gasteiger partial charge in [-0.1, -0.05) is 140 Å². The molecule has 1 rings (SSSR count). The Labute approximate surface area is 359 Å². The average Bonchev–Trinajstić information content (AvgIpc) is 3.22. The Balaban J connectivity index is 2.20. The zero-order valence-electron chi connectivity index (χ0n) is 38.6. The van der Waals surface area contributed by atoms with E-state index in [0.717, 1.165) is 77.8 Å². The van der Waals surface area contributed by atoms with Gasteiger partial charge in [-0.15, -0.1) is 0 Å². The largest absolute Gasteiger partial charge is 0.466 e. The van der Waals surface area contributed by atoms with Gasteiger partial charge in [-0.05, 0) is 90.9 Å². The van der Waals surface area contributed by atoms with Crippen molar-refractivity contribution in [1.82, 2.24) is 14.7 Å². The molecule has 0 aromatic carbocycles. The average molecular weight is 812 g/mol. The van der Waals surface area contributed by atoms with Crippen LogP contribution in [0.15, 0.2) is 48.6 Å². The third-order valence-corrected chi connectivity index (χ3v) is 11.3. The zero-order valence-corrected chi connectivity index (χ0v) is 38.6. The number of ether oxygens (including phenoxy) is 2. The molecule has 0 N–H and O–H groups in total. The lowest BCUT2D eigenvalue weighted by Crippen LogP contribution is -2.50. The first kappa shape index (κ1) is 53.8. The van der Waals surface area contributed by atoms with E-state index in [4.69, 9.17) is 9.47 Å². The molecule has 0 unspecified atom stereocenters. The van der Waals surface area contributed by atoms with Gasteiger partial charge in [0.05, 0.1) is 26.1 Å². The molecule has 0 saturated carbocycles. The summed E-state index contributed by atoms with van der Waals surface area (Å²) in [5, 5.41) is 0. The molecule has 336 valence electrons. The summed E-state index contributed by atoms with van der Waals surface area (Å²) >= 11 is 0. The number of allylic oxidation sites excluding steroid dienone is 8. The summed E-state index contributed by atoms with van der Waals surface area (Å²) in [6.07, 6.45) is 48.0. The third kappa shape index (κ3) is 35.7. The monoisotopic (exact) mass is 812 g/mol. The van der Waals surface area contributed by atoms with E-state index in [0.29, 0.717) is 45.2 Å². The number of hydrogen-bond donors (Lipinski definition) is 0. The molecule has 1 aliphatic heterocycles. The van der Waals surface area contributed by atoms with Crippen molar-refractivity contribution in [2.24, 2.45) is 0 Å². The molecule has 7 heteroatoms. The molecule has 58 heavy (non-hydrogen) atoms. The minimum absolute atomic E-state index is 0.127. The Morgan fingerprint density at radius 2 is 0.879 bits per heavy atom. The van der Waals surface area contributed by atoms with Crippen LogP contribution in [0, 0.1) is 0 Å². The van der Waals surface area contributed by atoms with Gasteiger partial charge in [-0.3, -0.25) is 19.4 Å². The fraction of sp³-hybridized carbons (Fsp3) is 0.804. The van der Waals surface area contributed by atoms with Crippen LogP contribution in [0.4, 0.5) is 0 Å². The predicted molar refractivity (Wildman–Crippen MR) is 249 cm³/mol. The Hall–Kier alpha value is -2.22. The Kier molecular flexibility index (Phi) is 38.5. The molecule has 0 aliphatic carbocycles. The van der Waals surface area contributed by atoms with Gasteiger partial charge >= 0.3 is 11.9 Å². The maximum atomic E-state index is 12.7. The first-order valence-electron chi connectivity index (χ1n) is 24.6. The number of rotatable bonds is 40. The van der Waals surface area contributed by atoms with Crippen LogP contribution in [-0.4, -0.2) is 98.3 Å². The summed E-state index contributed by atoms with van der Waals surface area (Å²) in [6, 6.07) is 0.584. The van der Waals surface area contributed by atoms with Gasteiger partial charge < -0.3 is 14.4 Å². The van der Waals surface area contributed by atoms with Crippen LogP contribution in [0.25, 0.3) is 0 Å². The van der Waals surface area contributed by atoms with Crippen molar-refractivity contribution in [3.8, 4) is 0 Å². The molecule has 0 bridgehead atoms. The van der Waals surface area contributed by atoms with E-state index in [1.165, 1.54) is 116 Å². The van der Waals surface area contributed by atoms with Gasteiger partial charge in [0.1, 0.15) is 0 Å². The molecule has 0 radical (unpaired) electrons. The standard InChI is InChI=1S/C51H93N3O4/c1-5-7-9-11-13-15-17-19-21-23-25-27-29-31-33-35-47-57-50(55)37-39-52(41-42-53-43-45-54(46-44-53)49(3)4)40-38-51(56)58-48-36-34-32-30-28-26-24-22-20-18-16-14-12-10-8-6-2/h13-16,19-22,49H,5-12,17-18,23-48H2,1-4H3/b15-13-,16-14-,21-19-,22-20-. The third-order valence-electron chi connectivity index (χ3n) is 11.3. The molecule has 0 spiro atoms. The van der Waals surface area contributed by atoms with Gasteiger partial charge in [0, 0.05) is 58.4 Å². The SMILES string of the molecule is CCCCC/C=C\C/C=C\CCCCCCCCOC(=O)CCN(CCC(=O)OCCCCCCCC/C=C\C/C=C\CCCCC)CCN1CCN(C(C)C)CC1. The topological polar surface area (TPSA) is 62.3 Å². The number of carbonyl (C=O) groups is 2. The van der Waals surface area contributed by atoms with E-state index in [9.17, 15) is 9.59 Å². The molecule has 0 amide bonds. The lowest BCUT2D eigenvalue weighted by Gasteiger charge is -2.37. The number of nitrogens with zero attached hydrogens (tertiary/aromatic N) is 3. The number of piperazine rings is 1. The number of esters is 2. The molecule has 0 atom stereocenters. The second kappa shape index (κ2) is 41.5. The second-order valence-corrected chi connectivity index (χ2v) is 16.9. The second-order valence-electron chi connectivity index (χ2n) is 16.9. The van der Waals surface area contributed by atoms with Gasteiger partial charge in [0.15, 0.2) is 0 Å². The van der Waals surface area contributed by atoms with Crippen LogP contribution in [0.2, 0.25) is 0 Å². The molecular formula is C51H93N3O4. The van der Waals surface area contributed by atoms with E-state index < -0.39 is 0 Å². The van der Waals surface area contributed by atoms with Crippen molar-refractivity contribution in [3.05, 3.63) is 48.6 Å². The number of hydrogen-bond acceptors (Lipinski definition) is 7. The first-order chi connectivity index (χ1) is 28.5. The minimum atomic E-state index is -0.127. The molecule has 7 nitrogen and oxygen atoms in total. The van der Waals surface area contributed by atoms with Crippen molar-refractivity contribution in [2.45, 2.75) is 201 Å². The van der Waals surface area contributed by atoms with Crippen LogP contribution < -0.4 is 0 Å². The van der Waals surface area contributed by atoms with Crippen molar-refractivity contribution in [2.75, 3.05) is 65.6 Å². The van der Waals surface area contributed by atoms with Gasteiger partial charge in [0.2, 0.25) is 0 Å². The van der Waals surface area contributed by atoms with Crippen LogP contribution in [-0.2, 0) is 19.1 Å². The Morgan fingerprint density at radius 3 is 1.28 bits per heavy atom. The van der Waals surface area contributed by atoms with Crippen molar-refractivity contribution in [3.63, 3.8) is 0 Å². The minimum Gasteiger partial charge on any atom is -0.466 e. The lowest BCUT2D eigenvalue weighted by atomic mass is 10.1. The fourth-order valence-corrected chi connectivity index (χ4v) is 7.32. The van der Waals surface area contributed by atoms with Crippen molar-refractivity contribution < 1.29 is 19.1 Å². The summed E-state index contributed by atoms with van der Waals surface area (Å²) in [7, 11) is 0. The molecule has 0 aromatic rings. The highest BCUT2D eigenvalue weighted by atomic mass is 16.5. The van der Waals surface area contributed by atoms with E-state index in [1.54, 1.807) is 0 Å². The summed E-state index contributed by atoms with van der Waals surface area (Å²) in [5.41, 5.74) is 0. The van der Waals surface area contributed by atoms with E-state index in [-0.39, 0.29) is 11.9 Å². The molecule has 1 saturated heterocycles. The predicted octanol–water partition coefficient (Wildman–Crippen LogP) is 12.8. The van der Waals surface area contributed by atoms with E-state index >= 15 is 0 Å². The zero-order chi connectivity index (χ0) is 42.0. The maximum Gasteiger partial charge on any atom is 0.307 e. The van der Waals surface area contributed by atoms with Crippen molar-refractivity contribution >= 4 is 11.9 Å². The normalized spacial score (nSPS) is 14.4. The Morgan fingerprint density at radius 1 is 0.500 bits per heavy atom. The summed E-state index contributed by atoms with van der Waals surface area (Å²) in [6.45, 7) is 17.4. The number of carbonyl (C=O) groups excluding carboxylic acids is 2. The maximum absolute atomic E-state index is 12.7. The highest BCUT2D eigenvalue weighted by molar-refractivity contribution is 5.70. The van der Waals surface area contributed by atoms with E-state index in [1.807, 2.05) is 0 Å². The van der Waals surface area contributed by atoms with Gasteiger partial charge in [-0.25, -0.2) is 0 Å². The molecule has 1 fully saturated rings. The smallest absolute Gasteiger partial charge is 0.307 e. The lowest BCUT2D eigenvalue weighted by molar-refractivity contribution is -0.144. The Bertz CT molecular complexity index is 980. The van der Waals surface area contributed by atoms with Gasteiger partial charge in [0.25, 0.3) is 0 Å². The summed E-state index contributed by atoms with van der Waals surface area (Å²) in [5.74, 6) is -0.254. The molecule has 1 heterocycles. The molecule has 1 aliphatic rings. The summed E-state index contributed by atoms with van der Waals surface area (Å²) < 4.78 is 11.2. The van der Waals surface area contributed by atoms with Crippen LogP contribution in [0.3, 0.4) is 0 Å². The summed E-state index contributed by atoms with van der Waals surface area (Å²) in [4.78, 5) is 32.6. The highest BCUT2D eigenvalue weighted by Gasteiger charge is 2.20. The van der Waals surface area contributed by atoms with E-state index in [2.05, 4.69) is 91.0 Å². The number of unbranched alkanes of at least 4 members (excludes halogenated alkanes) is 18.